The van der Waals surface area contributed by atoms with E-state index in [0.717, 1.165) is 24.1 Å². The number of nitrogens with one attached hydrogen (secondary N) is 1. The number of hydrogen-bond donors (Lipinski definition) is 2. The van der Waals surface area contributed by atoms with Gasteiger partial charge in [-0.15, -0.1) is 0 Å². The van der Waals surface area contributed by atoms with Crippen molar-refractivity contribution in [1.82, 2.24) is 5.32 Å². The van der Waals surface area contributed by atoms with Crippen molar-refractivity contribution in [1.29, 1.82) is 0 Å². The topological polar surface area (TPSA) is 55.1 Å². The van der Waals surface area contributed by atoms with Crippen molar-refractivity contribution in [2.75, 3.05) is 5.73 Å². The highest BCUT2D eigenvalue weighted by Crippen LogP contribution is 2.32. The number of amides is 1. The molecule has 1 atom stereocenters. The van der Waals surface area contributed by atoms with Crippen LogP contribution in [0.5, 0.6) is 0 Å². The van der Waals surface area contributed by atoms with Crippen LogP contribution in [0.3, 0.4) is 0 Å². The lowest BCUT2D eigenvalue weighted by Gasteiger charge is -2.15. The summed E-state index contributed by atoms with van der Waals surface area (Å²) >= 11 is 3.22. The minimum Gasteiger partial charge on any atom is -0.399 e. The number of aryl methyl sites for hydroxylation is 1. The zero-order chi connectivity index (χ0) is 15.0. The monoisotopic (exact) mass is 348 g/mol. The summed E-state index contributed by atoms with van der Waals surface area (Å²) in [6.07, 6.45) is 1.75. The van der Waals surface area contributed by atoms with Gasteiger partial charge in [0.25, 0.3) is 5.91 Å². The normalized spacial score (nSPS) is 16.6. The van der Waals surface area contributed by atoms with E-state index in [9.17, 15) is 9.18 Å². The van der Waals surface area contributed by atoms with E-state index in [1.165, 1.54) is 23.8 Å². The molecule has 0 saturated heterocycles. The maximum Gasteiger partial charge on any atom is 0.252 e. The number of hydrogen-bond acceptors (Lipinski definition) is 2. The fourth-order valence-corrected chi connectivity index (χ4v) is 3.23. The number of fused-ring (bicyclic) bond motifs is 1. The molecule has 1 amide bonds. The largest absolute Gasteiger partial charge is 0.399 e. The van der Waals surface area contributed by atoms with Crippen LogP contribution in [0.2, 0.25) is 0 Å². The lowest BCUT2D eigenvalue weighted by Crippen LogP contribution is -2.27. The second-order valence-corrected chi connectivity index (χ2v) is 6.00. The van der Waals surface area contributed by atoms with Gasteiger partial charge in [0.05, 0.1) is 11.6 Å². The maximum absolute atomic E-state index is 13.1. The number of halogens is 2. The first-order chi connectivity index (χ1) is 10.0. The Kier molecular flexibility index (Phi) is 3.68. The summed E-state index contributed by atoms with van der Waals surface area (Å²) < 4.78 is 13.5. The summed E-state index contributed by atoms with van der Waals surface area (Å²) in [6.45, 7) is 0. The Morgan fingerprint density at radius 2 is 2.10 bits per heavy atom. The molecule has 0 radical (unpaired) electrons. The number of carbonyl (C=O) groups excluding carboxylic acids is 1. The molecule has 1 aliphatic carbocycles. The Hall–Kier alpha value is -1.88. The molecule has 2 aromatic rings. The molecule has 0 bridgehead atoms. The van der Waals surface area contributed by atoms with Crippen LogP contribution in [-0.2, 0) is 6.42 Å². The van der Waals surface area contributed by atoms with Crippen LogP contribution in [0.15, 0.2) is 40.9 Å². The van der Waals surface area contributed by atoms with Gasteiger partial charge in [-0.2, -0.15) is 0 Å². The number of rotatable bonds is 2. The first-order valence-corrected chi connectivity index (χ1v) is 7.48. The van der Waals surface area contributed by atoms with Crippen LogP contribution < -0.4 is 11.1 Å². The Bertz CT molecular complexity index is 717. The molecule has 3 nitrogen and oxygen atoms in total. The van der Waals surface area contributed by atoms with Crippen molar-refractivity contribution in [3.63, 3.8) is 0 Å². The molecule has 3 N–H and O–H groups in total. The SMILES string of the molecule is Nc1ccc2c(c1)CCC2NC(=O)c1ccc(F)cc1Br. The standard InChI is InChI=1S/C16H14BrFN2O/c17-14-8-10(18)2-4-13(14)16(21)20-15-6-1-9-7-11(19)3-5-12(9)15/h2-5,7-8,15H,1,6,19H2,(H,20,21). The number of nitrogens with two attached hydrogens (primary N) is 1. The molecule has 0 aliphatic heterocycles. The van der Waals surface area contributed by atoms with Crippen molar-refractivity contribution in [2.45, 2.75) is 18.9 Å². The average Bonchev–Trinajstić information content (AvgIpc) is 2.80. The summed E-state index contributed by atoms with van der Waals surface area (Å²) in [5.41, 5.74) is 9.23. The van der Waals surface area contributed by atoms with Gasteiger partial charge in [0.2, 0.25) is 0 Å². The molecule has 108 valence electrons. The third kappa shape index (κ3) is 2.78. The predicted molar refractivity (Wildman–Crippen MR) is 83.5 cm³/mol. The van der Waals surface area contributed by atoms with Crippen molar-refractivity contribution >= 4 is 27.5 Å². The third-order valence-electron chi connectivity index (χ3n) is 3.73. The molecule has 21 heavy (non-hydrogen) atoms. The van der Waals surface area contributed by atoms with Gasteiger partial charge in [0.15, 0.2) is 0 Å². The van der Waals surface area contributed by atoms with Crippen molar-refractivity contribution in [3.8, 4) is 0 Å². The van der Waals surface area contributed by atoms with Crippen LogP contribution in [0.4, 0.5) is 10.1 Å². The Balaban J connectivity index is 1.81. The molecular weight excluding hydrogens is 335 g/mol. The fraction of sp³-hybridized carbons (Fsp3) is 0.188. The maximum atomic E-state index is 13.1. The summed E-state index contributed by atoms with van der Waals surface area (Å²) in [5, 5.41) is 3.00. The Morgan fingerprint density at radius 1 is 1.29 bits per heavy atom. The molecule has 0 saturated carbocycles. The lowest BCUT2D eigenvalue weighted by molar-refractivity contribution is 0.0936. The second-order valence-electron chi connectivity index (χ2n) is 5.15. The van der Waals surface area contributed by atoms with E-state index in [-0.39, 0.29) is 17.8 Å². The van der Waals surface area contributed by atoms with Crippen LogP contribution in [-0.4, -0.2) is 5.91 Å². The summed E-state index contributed by atoms with van der Waals surface area (Å²) in [7, 11) is 0. The van der Waals surface area contributed by atoms with E-state index in [2.05, 4.69) is 21.2 Å². The number of nitrogen functional groups attached to an aromatic ring is 1. The van der Waals surface area contributed by atoms with E-state index in [4.69, 9.17) is 5.73 Å². The highest BCUT2D eigenvalue weighted by Gasteiger charge is 2.25. The smallest absolute Gasteiger partial charge is 0.252 e. The van der Waals surface area contributed by atoms with Gasteiger partial charge in [-0.1, -0.05) is 6.07 Å². The van der Waals surface area contributed by atoms with Crippen molar-refractivity contribution in [2.24, 2.45) is 0 Å². The van der Waals surface area contributed by atoms with Crippen molar-refractivity contribution < 1.29 is 9.18 Å². The minimum absolute atomic E-state index is 0.0231. The Labute approximate surface area is 130 Å². The Morgan fingerprint density at radius 3 is 2.86 bits per heavy atom. The van der Waals surface area contributed by atoms with Crippen LogP contribution in [0, 0.1) is 5.82 Å². The van der Waals surface area contributed by atoms with E-state index in [0.29, 0.717) is 10.0 Å². The summed E-state index contributed by atoms with van der Waals surface area (Å²) in [6, 6.07) is 9.79. The van der Waals surface area contributed by atoms with Gasteiger partial charge in [-0.05, 0) is 70.2 Å². The van der Waals surface area contributed by atoms with E-state index in [1.807, 2.05) is 18.2 Å². The second kappa shape index (κ2) is 5.48. The average molecular weight is 349 g/mol. The van der Waals surface area contributed by atoms with Gasteiger partial charge in [-0.3, -0.25) is 4.79 Å². The zero-order valence-corrected chi connectivity index (χ0v) is 12.8. The fourth-order valence-electron chi connectivity index (χ4n) is 2.70. The van der Waals surface area contributed by atoms with Crippen LogP contribution in [0.1, 0.15) is 33.9 Å². The lowest BCUT2D eigenvalue weighted by atomic mass is 10.1. The highest BCUT2D eigenvalue weighted by molar-refractivity contribution is 9.10. The van der Waals surface area contributed by atoms with Crippen LogP contribution >= 0.6 is 15.9 Å². The molecule has 0 heterocycles. The predicted octanol–water partition coefficient (Wildman–Crippen LogP) is 3.59. The third-order valence-corrected chi connectivity index (χ3v) is 4.38. The van der Waals surface area contributed by atoms with Crippen LogP contribution in [0.25, 0.3) is 0 Å². The summed E-state index contributed by atoms with van der Waals surface area (Å²) in [4.78, 5) is 12.3. The highest BCUT2D eigenvalue weighted by atomic mass is 79.9. The summed E-state index contributed by atoms with van der Waals surface area (Å²) in [5.74, 6) is -0.586. The van der Waals surface area contributed by atoms with Gasteiger partial charge < -0.3 is 11.1 Å². The quantitative estimate of drug-likeness (QED) is 0.815. The van der Waals surface area contributed by atoms with Gasteiger partial charge in [-0.25, -0.2) is 4.39 Å². The molecule has 5 heteroatoms. The first kappa shape index (κ1) is 14.1. The molecule has 1 aliphatic rings. The molecule has 1 unspecified atom stereocenters. The van der Waals surface area contributed by atoms with Crippen molar-refractivity contribution in [3.05, 3.63) is 63.4 Å². The van der Waals surface area contributed by atoms with Gasteiger partial charge >= 0.3 is 0 Å². The zero-order valence-electron chi connectivity index (χ0n) is 11.2. The molecule has 0 aromatic heterocycles. The number of benzene rings is 2. The molecule has 3 rings (SSSR count). The molecular formula is C16H14BrFN2O. The van der Waals surface area contributed by atoms with E-state index in [1.54, 1.807) is 0 Å². The van der Waals surface area contributed by atoms with E-state index >= 15 is 0 Å². The first-order valence-electron chi connectivity index (χ1n) is 6.69. The number of anilines is 1. The molecule has 2 aromatic carbocycles. The van der Waals surface area contributed by atoms with E-state index < -0.39 is 0 Å². The van der Waals surface area contributed by atoms with Gasteiger partial charge in [0, 0.05) is 10.2 Å². The molecule has 0 fully saturated rings. The number of carbonyl (C=O) groups is 1. The van der Waals surface area contributed by atoms with Gasteiger partial charge in [0.1, 0.15) is 5.82 Å². The molecule has 0 spiro atoms. The minimum atomic E-state index is -0.375.